The molecule has 1 N–H and O–H groups in total. The molecule has 0 spiro atoms. The average molecular weight is 321 g/mol. The summed E-state index contributed by atoms with van der Waals surface area (Å²) in [5.74, 6) is 1.55. The predicted molar refractivity (Wildman–Crippen MR) is 80.5 cm³/mol. The highest BCUT2D eigenvalue weighted by Gasteiger charge is 2.05. The van der Waals surface area contributed by atoms with Crippen LogP contribution in [-0.4, -0.2) is 11.5 Å². The second-order valence-corrected chi connectivity index (χ2v) is 5.17. The summed E-state index contributed by atoms with van der Waals surface area (Å²) in [4.78, 5) is 4.41. The maximum Gasteiger partial charge on any atom is 0.145 e. The molecular weight excluding hydrogens is 304 g/mol. The van der Waals surface area contributed by atoms with Crippen molar-refractivity contribution in [3.05, 3.63) is 52.8 Å². The predicted octanol–water partition coefficient (Wildman–Crippen LogP) is 4.31. The lowest BCUT2D eigenvalue weighted by molar-refractivity contribution is 0.478. The minimum atomic E-state index is 0.256. The molecule has 2 rings (SSSR count). The normalized spacial score (nSPS) is 12.2. The Kier molecular flexibility index (Phi) is 4.93. The van der Waals surface area contributed by atoms with Crippen LogP contribution in [0.4, 0.5) is 0 Å². The fourth-order valence-electron chi connectivity index (χ4n) is 1.76. The largest absolute Gasteiger partial charge is 0.456 e. The van der Waals surface area contributed by atoms with Gasteiger partial charge in [0.2, 0.25) is 0 Å². The molecular formula is C15H17BrN2O. The Balaban J connectivity index is 2.04. The summed E-state index contributed by atoms with van der Waals surface area (Å²) in [5.41, 5.74) is 1.02. The third kappa shape index (κ3) is 4.04. The Morgan fingerprint density at radius 3 is 2.42 bits per heavy atom. The molecule has 19 heavy (non-hydrogen) atoms. The third-order valence-electron chi connectivity index (χ3n) is 2.76. The van der Waals surface area contributed by atoms with Crippen LogP contribution >= 0.6 is 15.9 Å². The first-order chi connectivity index (χ1) is 9.19. The van der Waals surface area contributed by atoms with E-state index < -0.39 is 0 Å². The van der Waals surface area contributed by atoms with Gasteiger partial charge in [-0.15, -0.1) is 0 Å². The monoisotopic (exact) mass is 320 g/mol. The van der Waals surface area contributed by atoms with Crippen molar-refractivity contribution in [2.24, 2.45) is 0 Å². The molecule has 0 fully saturated rings. The third-order valence-corrected chi connectivity index (χ3v) is 3.29. The second kappa shape index (κ2) is 6.68. The van der Waals surface area contributed by atoms with E-state index in [1.54, 1.807) is 6.20 Å². The highest BCUT2D eigenvalue weighted by atomic mass is 79.9. The maximum absolute atomic E-state index is 5.72. The van der Waals surface area contributed by atoms with Crippen LogP contribution in [0.25, 0.3) is 0 Å². The van der Waals surface area contributed by atoms with E-state index in [2.05, 4.69) is 40.1 Å². The van der Waals surface area contributed by atoms with Crippen molar-refractivity contribution >= 4 is 15.9 Å². The molecule has 1 unspecified atom stereocenters. The summed E-state index contributed by atoms with van der Waals surface area (Å²) in [5, 5.41) is 3.33. The van der Waals surface area contributed by atoms with E-state index in [1.165, 1.54) is 0 Å². The number of nitrogens with zero attached hydrogens (tertiary/aromatic N) is 1. The van der Waals surface area contributed by atoms with E-state index >= 15 is 0 Å². The van der Waals surface area contributed by atoms with Crippen LogP contribution in [0.2, 0.25) is 0 Å². The quantitative estimate of drug-likeness (QED) is 0.891. The summed E-state index contributed by atoms with van der Waals surface area (Å²) in [7, 11) is 0. The summed E-state index contributed by atoms with van der Waals surface area (Å²) >= 11 is 3.40. The van der Waals surface area contributed by atoms with Crippen LogP contribution < -0.4 is 10.1 Å². The van der Waals surface area contributed by atoms with Crippen molar-refractivity contribution in [1.29, 1.82) is 0 Å². The van der Waals surface area contributed by atoms with Crippen LogP contribution in [0, 0.1) is 0 Å². The Hall–Kier alpha value is -1.39. The summed E-state index contributed by atoms with van der Waals surface area (Å²) in [6.45, 7) is 5.11. The van der Waals surface area contributed by atoms with Crippen LogP contribution in [0.5, 0.6) is 11.5 Å². The number of ether oxygens (including phenoxy) is 1. The van der Waals surface area contributed by atoms with E-state index in [9.17, 15) is 0 Å². The molecule has 1 aromatic heterocycles. The molecule has 0 saturated heterocycles. The first-order valence-electron chi connectivity index (χ1n) is 6.32. The molecule has 0 aliphatic heterocycles. The van der Waals surface area contributed by atoms with Gasteiger partial charge in [0.25, 0.3) is 0 Å². The van der Waals surface area contributed by atoms with Crippen LogP contribution in [0.15, 0.2) is 47.1 Å². The molecule has 0 saturated carbocycles. The minimum Gasteiger partial charge on any atom is -0.456 e. The molecule has 4 heteroatoms. The number of aromatic nitrogens is 1. The van der Waals surface area contributed by atoms with Crippen LogP contribution in [0.1, 0.15) is 25.6 Å². The van der Waals surface area contributed by atoms with Crippen molar-refractivity contribution in [3.63, 3.8) is 0 Å². The van der Waals surface area contributed by atoms with Gasteiger partial charge in [0, 0.05) is 10.5 Å². The number of hydrogen-bond acceptors (Lipinski definition) is 3. The number of benzene rings is 1. The lowest BCUT2D eigenvalue weighted by Crippen LogP contribution is -2.18. The first-order valence-corrected chi connectivity index (χ1v) is 7.11. The molecule has 0 aliphatic rings. The van der Waals surface area contributed by atoms with Gasteiger partial charge < -0.3 is 10.1 Å². The fourth-order valence-corrected chi connectivity index (χ4v) is 2.02. The molecule has 3 nitrogen and oxygen atoms in total. The molecule has 0 aliphatic carbocycles. The van der Waals surface area contributed by atoms with E-state index in [0.717, 1.165) is 28.2 Å². The Morgan fingerprint density at radius 2 is 1.84 bits per heavy atom. The topological polar surface area (TPSA) is 34.1 Å². The van der Waals surface area contributed by atoms with Gasteiger partial charge in [0.1, 0.15) is 11.5 Å². The minimum absolute atomic E-state index is 0.256. The number of hydrogen-bond donors (Lipinski definition) is 1. The van der Waals surface area contributed by atoms with Gasteiger partial charge in [0.05, 0.1) is 11.9 Å². The summed E-state index contributed by atoms with van der Waals surface area (Å²) in [6.07, 6.45) is 1.76. The van der Waals surface area contributed by atoms with Crippen molar-refractivity contribution in [3.8, 4) is 11.5 Å². The molecule has 0 bridgehead atoms. The smallest absolute Gasteiger partial charge is 0.145 e. The SMILES string of the molecule is CCNC(C)c1ccc(Oc2ccc(Br)cc2)cn1. The molecule has 2 aromatic rings. The van der Waals surface area contributed by atoms with Gasteiger partial charge in [-0.25, -0.2) is 0 Å². The molecule has 100 valence electrons. The molecule has 1 atom stereocenters. The fraction of sp³-hybridized carbons (Fsp3) is 0.267. The average Bonchev–Trinajstić information content (AvgIpc) is 2.42. The van der Waals surface area contributed by atoms with E-state index in [-0.39, 0.29) is 6.04 Å². The van der Waals surface area contributed by atoms with E-state index in [0.29, 0.717) is 0 Å². The Morgan fingerprint density at radius 1 is 1.16 bits per heavy atom. The van der Waals surface area contributed by atoms with Crippen LogP contribution in [-0.2, 0) is 0 Å². The van der Waals surface area contributed by atoms with Gasteiger partial charge in [-0.3, -0.25) is 4.98 Å². The Labute approximate surface area is 122 Å². The first kappa shape index (κ1) is 14.0. The zero-order valence-corrected chi connectivity index (χ0v) is 12.6. The highest BCUT2D eigenvalue weighted by Crippen LogP contribution is 2.23. The van der Waals surface area contributed by atoms with Gasteiger partial charge in [-0.05, 0) is 49.9 Å². The van der Waals surface area contributed by atoms with Gasteiger partial charge in [-0.1, -0.05) is 22.9 Å². The van der Waals surface area contributed by atoms with E-state index in [1.807, 2.05) is 36.4 Å². The maximum atomic E-state index is 5.72. The number of pyridine rings is 1. The summed E-state index contributed by atoms with van der Waals surface area (Å²) in [6, 6.07) is 11.9. The Bertz CT molecular complexity index is 511. The van der Waals surface area contributed by atoms with Crippen molar-refractivity contribution in [1.82, 2.24) is 10.3 Å². The number of nitrogens with one attached hydrogen (secondary N) is 1. The second-order valence-electron chi connectivity index (χ2n) is 4.25. The lowest BCUT2D eigenvalue weighted by Gasteiger charge is -2.12. The standard InChI is InChI=1S/C15H17BrN2O/c1-3-17-11(2)15-9-8-14(10-18-15)19-13-6-4-12(16)5-7-13/h4-11,17H,3H2,1-2H3. The van der Waals surface area contributed by atoms with Crippen molar-refractivity contribution in [2.45, 2.75) is 19.9 Å². The molecule has 0 amide bonds. The van der Waals surface area contributed by atoms with Gasteiger partial charge in [-0.2, -0.15) is 0 Å². The van der Waals surface area contributed by atoms with Crippen molar-refractivity contribution in [2.75, 3.05) is 6.54 Å². The molecule has 1 heterocycles. The lowest BCUT2D eigenvalue weighted by atomic mass is 10.2. The zero-order valence-electron chi connectivity index (χ0n) is 11.1. The zero-order chi connectivity index (χ0) is 13.7. The van der Waals surface area contributed by atoms with Gasteiger partial charge in [0.15, 0.2) is 0 Å². The molecule has 0 radical (unpaired) electrons. The summed E-state index contributed by atoms with van der Waals surface area (Å²) < 4.78 is 6.76. The number of halogens is 1. The number of rotatable bonds is 5. The van der Waals surface area contributed by atoms with Crippen molar-refractivity contribution < 1.29 is 4.74 Å². The van der Waals surface area contributed by atoms with E-state index in [4.69, 9.17) is 4.74 Å². The van der Waals surface area contributed by atoms with Crippen LogP contribution in [0.3, 0.4) is 0 Å². The van der Waals surface area contributed by atoms with Gasteiger partial charge >= 0.3 is 0 Å². The highest BCUT2D eigenvalue weighted by molar-refractivity contribution is 9.10. The molecule has 1 aromatic carbocycles.